The van der Waals surface area contributed by atoms with Crippen LogP contribution in [0.25, 0.3) is 0 Å². The van der Waals surface area contributed by atoms with Gasteiger partial charge in [-0.05, 0) is 19.3 Å². The van der Waals surface area contributed by atoms with Gasteiger partial charge in [0.1, 0.15) is 10.7 Å². The van der Waals surface area contributed by atoms with Crippen molar-refractivity contribution in [2.45, 2.75) is 39.2 Å². The van der Waals surface area contributed by atoms with Crippen LogP contribution in [0.5, 0.6) is 0 Å². The first-order valence-electron chi connectivity index (χ1n) is 9.35. The first-order chi connectivity index (χ1) is 13.1. The maximum Gasteiger partial charge on any atom is 0.317 e. The number of hydrogen-bond acceptors (Lipinski definition) is 6. The van der Waals surface area contributed by atoms with Crippen molar-refractivity contribution in [2.24, 2.45) is 0 Å². The number of hydrogen-bond donors (Lipinski definition) is 2. The van der Waals surface area contributed by atoms with Gasteiger partial charge in [0, 0.05) is 52.4 Å². The molecule has 0 aliphatic carbocycles. The minimum atomic E-state index is -0.202. The highest BCUT2D eigenvalue weighted by molar-refractivity contribution is 7.09. The van der Waals surface area contributed by atoms with Crippen LogP contribution in [0.1, 0.15) is 48.1 Å². The number of nitrogens with one attached hydrogen (secondary N) is 2. The lowest BCUT2D eigenvalue weighted by Gasteiger charge is -2.22. The maximum absolute atomic E-state index is 12.4. The lowest BCUT2D eigenvalue weighted by molar-refractivity contribution is 0.0944. The highest BCUT2D eigenvalue weighted by Gasteiger charge is 2.17. The minimum absolute atomic E-state index is 0.111. The Balaban J connectivity index is 2.59. The van der Waals surface area contributed by atoms with E-state index in [1.54, 1.807) is 24.5 Å². The Morgan fingerprint density at radius 2 is 1.81 bits per heavy atom. The van der Waals surface area contributed by atoms with Gasteiger partial charge in [-0.2, -0.15) is 0 Å². The number of rotatable bonds is 14. The third-order valence-electron chi connectivity index (χ3n) is 3.79. The molecule has 3 amide bonds. The molecule has 0 saturated heterocycles. The molecule has 0 saturated carbocycles. The third-order valence-corrected chi connectivity index (χ3v) is 4.63. The molecule has 0 fully saturated rings. The second kappa shape index (κ2) is 14.4. The molecule has 0 spiro atoms. The van der Waals surface area contributed by atoms with Gasteiger partial charge < -0.3 is 25.0 Å². The average Bonchev–Trinajstić information content (AvgIpc) is 3.13. The van der Waals surface area contributed by atoms with Gasteiger partial charge in [-0.1, -0.05) is 13.3 Å². The standard InChI is InChI=1S/C18H32N4O4S/c1-4-5-8-20-18(24)22(10-7-12-26-3)13-16-21-15(14-27-16)17(23)19-9-6-11-25-2/h14H,4-13H2,1-3H3,(H,19,23)(H,20,24). The lowest BCUT2D eigenvalue weighted by Crippen LogP contribution is -2.40. The molecule has 0 bridgehead atoms. The van der Waals surface area contributed by atoms with Crippen LogP contribution in [0.2, 0.25) is 0 Å². The van der Waals surface area contributed by atoms with Gasteiger partial charge in [0.05, 0.1) is 6.54 Å². The zero-order valence-electron chi connectivity index (χ0n) is 16.6. The van der Waals surface area contributed by atoms with Crippen LogP contribution in [0, 0.1) is 0 Å². The second-order valence-electron chi connectivity index (χ2n) is 6.08. The molecule has 2 N–H and O–H groups in total. The molecule has 1 aromatic heterocycles. The highest BCUT2D eigenvalue weighted by Crippen LogP contribution is 2.13. The number of carbonyl (C=O) groups excluding carboxylic acids is 2. The summed E-state index contributed by atoms with van der Waals surface area (Å²) in [6.07, 6.45) is 3.47. The zero-order chi connectivity index (χ0) is 19.9. The molecule has 1 heterocycles. The van der Waals surface area contributed by atoms with E-state index in [1.165, 1.54) is 11.3 Å². The molecule has 154 valence electrons. The van der Waals surface area contributed by atoms with Crippen molar-refractivity contribution in [3.63, 3.8) is 0 Å². The van der Waals surface area contributed by atoms with Crippen LogP contribution >= 0.6 is 11.3 Å². The Bertz CT molecular complexity index is 553. The summed E-state index contributed by atoms with van der Waals surface area (Å²) in [6, 6.07) is -0.111. The number of urea groups is 1. The predicted molar refractivity (Wildman–Crippen MR) is 106 cm³/mol. The third kappa shape index (κ3) is 9.69. The fraction of sp³-hybridized carbons (Fsp3) is 0.722. The van der Waals surface area contributed by atoms with E-state index in [4.69, 9.17) is 9.47 Å². The fourth-order valence-electron chi connectivity index (χ4n) is 2.30. The Labute approximate surface area is 165 Å². The van der Waals surface area contributed by atoms with Gasteiger partial charge in [0.2, 0.25) is 0 Å². The molecule has 1 aromatic rings. The fourth-order valence-corrected chi connectivity index (χ4v) is 3.08. The number of nitrogens with zero attached hydrogens (tertiary/aromatic N) is 2. The summed E-state index contributed by atoms with van der Waals surface area (Å²) in [7, 11) is 3.27. The number of ether oxygens (including phenoxy) is 2. The molecule has 9 heteroatoms. The van der Waals surface area contributed by atoms with E-state index in [0.29, 0.717) is 45.1 Å². The number of amides is 3. The van der Waals surface area contributed by atoms with Crippen LogP contribution in [-0.4, -0.2) is 68.9 Å². The van der Waals surface area contributed by atoms with Crippen molar-refractivity contribution in [1.29, 1.82) is 0 Å². The number of carbonyl (C=O) groups is 2. The molecule has 8 nitrogen and oxygen atoms in total. The van der Waals surface area contributed by atoms with Gasteiger partial charge in [-0.15, -0.1) is 11.3 Å². The Morgan fingerprint density at radius 3 is 2.52 bits per heavy atom. The van der Waals surface area contributed by atoms with Crippen molar-refractivity contribution < 1.29 is 19.1 Å². The van der Waals surface area contributed by atoms with E-state index < -0.39 is 0 Å². The summed E-state index contributed by atoms with van der Waals surface area (Å²) in [5.74, 6) is -0.202. The van der Waals surface area contributed by atoms with E-state index in [-0.39, 0.29) is 11.9 Å². The molecule has 0 unspecified atom stereocenters. The van der Waals surface area contributed by atoms with E-state index in [9.17, 15) is 9.59 Å². The molecular weight excluding hydrogens is 368 g/mol. The summed E-state index contributed by atoms with van der Waals surface area (Å²) in [5.41, 5.74) is 0.385. The Hall–Kier alpha value is -1.71. The summed E-state index contributed by atoms with van der Waals surface area (Å²) in [5, 5.41) is 8.21. The molecule has 1 rings (SSSR count). The topological polar surface area (TPSA) is 92.8 Å². The minimum Gasteiger partial charge on any atom is -0.385 e. The van der Waals surface area contributed by atoms with Gasteiger partial charge in [0.25, 0.3) is 5.91 Å². The van der Waals surface area contributed by atoms with Gasteiger partial charge in [-0.25, -0.2) is 9.78 Å². The predicted octanol–water partition coefficient (Wildman–Crippen LogP) is 2.26. The van der Waals surface area contributed by atoms with E-state index >= 15 is 0 Å². The van der Waals surface area contributed by atoms with Crippen molar-refractivity contribution in [1.82, 2.24) is 20.5 Å². The molecule has 0 aliphatic heterocycles. The summed E-state index contributed by atoms with van der Waals surface area (Å²) < 4.78 is 10.0. The van der Waals surface area contributed by atoms with Crippen molar-refractivity contribution in [3.05, 3.63) is 16.1 Å². The molecule has 0 radical (unpaired) electrons. The van der Waals surface area contributed by atoms with Crippen LogP contribution in [0.15, 0.2) is 5.38 Å². The molecular formula is C18H32N4O4S. The van der Waals surface area contributed by atoms with E-state index in [0.717, 1.165) is 30.7 Å². The van der Waals surface area contributed by atoms with Gasteiger partial charge in [-0.3, -0.25) is 4.79 Å². The first kappa shape index (κ1) is 23.3. The zero-order valence-corrected chi connectivity index (χ0v) is 17.4. The number of methoxy groups -OCH3 is 2. The molecule has 0 aliphatic rings. The smallest absolute Gasteiger partial charge is 0.317 e. The van der Waals surface area contributed by atoms with Crippen molar-refractivity contribution in [2.75, 3.05) is 47.1 Å². The molecule has 0 aromatic carbocycles. The quantitative estimate of drug-likeness (QED) is 0.467. The van der Waals surface area contributed by atoms with Crippen LogP contribution in [0.4, 0.5) is 4.79 Å². The summed E-state index contributed by atoms with van der Waals surface area (Å²) in [6.45, 7) is 5.43. The van der Waals surface area contributed by atoms with Gasteiger partial charge in [0.15, 0.2) is 0 Å². The van der Waals surface area contributed by atoms with Crippen LogP contribution < -0.4 is 10.6 Å². The van der Waals surface area contributed by atoms with Crippen LogP contribution in [-0.2, 0) is 16.0 Å². The summed E-state index contributed by atoms with van der Waals surface area (Å²) in [4.78, 5) is 30.6. The van der Waals surface area contributed by atoms with E-state index in [2.05, 4.69) is 22.5 Å². The average molecular weight is 401 g/mol. The second-order valence-corrected chi connectivity index (χ2v) is 7.02. The largest absolute Gasteiger partial charge is 0.385 e. The Morgan fingerprint density at radius 1 is 1.11 bits per heavy atom. The maximum atomic E-state index is 12.4. The number of aromatic nitrogens is 1. The highest BCUT2D eigenvalue weighted by atomic mass is 32.1. The normalized spacial score (nSPS) is 10.6. The number of unbranched alkanes of at least 4 members (excludes halogenated alkanes) is 1. The first-order valence-corrected chi connectivity index (χ1v) is 10.2. The van der Waals surface area contributed by atoms with Crippen molar-refractivity contribution in [3.8, 4) is 0 Å². The van der Waals surface area contributed by atoms with Crippen LogP contribution in [0.3, 0.4) is 0 Å². The number of thiazole rings is 1. The Kier molecular flexibility index (Phi) is 12.4. The monoisotopic (exact) mass is 400 g/mol. The summed E-state index contributed by atoms with van der Waals surface area (Å²) >= 11 is 1.39. The van der Waals surface area contributed by atoms with E-state index in [1.807, 2.05) is 0 Å². The van der Waals surface area contributed by atoms with Gasteiger partial charge >= 0.3 is 6.03 Å². The molecule has 27 heavy (non-hydrogen) atoms. The lowest BCUT2D eigenvalue weighted by atomic mass is 10.3. The molecule has 0 atom stereocenters. The van der Waals surface area contributed by atoms with Crippen molar-refractivity contribution >= 4 is 23.3 Å². The SMILES string of the molecule is CCCCNC(=O)N(CCCOC)Cc1nc(C(=O)NCCCOC)cs1.